The van der Waals surface area contributed by atoms with E-state index in [1.807, 2.05) is 6.92 Å². The summed E-state index contributed by atoms with van der Waals surface area (Å²) < 4.78 is 115. The summed E-state index contributed by atoms with van der Waals surface area (Å²) in [4.78, 5) is 7.59. The molecule has 0 bridgehead atoms. The van der Waals surface area contributed by atoms with E-state index in [9.17, 15) is 39.9 Å². The summed E-state index contributed by atoms with van der Waals surface area (Å²) in [6.07, 6.45) is -10.5. The third kappa shape index (κ3) is 6.86. The number of nitrogens with zero attached hydrogens (tertiary/aromatic N) is 2. The fourth-order valence-electron chi connectivity index (χ4n) is 3.43. The van der Waals surface area contributed by atoms with E-state index in [4.69, 9.17) is 8.92 Å². The number of alkyl halides is 6. The molecule has 0 atom stereocenters. The number of rotatable bonds is 10. The van der Waals surface area contributed by atoms with Crippen molar-refractivity contribution in [3.05, 3.63) is 77.4 Å². The van der Waals surface area contributed by atoms with Crippen LogP contribution in [0.4, 0.5) is 26.3 Å². The second-order valence-electron chi connectivity index (χ2n) is 8.52. The van der Waals surface area contributed by atoms with E-state index in [0.29, 0.717) is 18.2 Å². The molecular weight excluding hydrogens is 554 g/mol. The summed E-state index contributed by atoms with van der Waals surface area (Å²) in [6, 6.07) is 10.3. The Morgan fingerprint density at radius 2 is 1.54 bits per heavy atom. The Hall–Kier alpha value is -3.23. The molecule has 1 N–H and O–H groups in total. The van der Waals surface area contributed by atoms with Crippen LogP contribution in [0, 0.1) is 6.92 Å². The Morgan fingerprint density at radius 3 is 2.08 bits per heavy atom. The first-order valence-corrected chi connectivity index (χ1v) is 12.9. The van der Waals surface area contributed by atoms with E-state index in [2.05, 4.69) is 9.97 Å². The lowest BCUT2D eigenvalue weighted by atomic mass is 9.96. The van der Waals surface area contributed by atoms with Crippen LogP contribution < -0.4 is 4.74 Å². The molecule has 0 saturated heterocycles. The molecule has 0 aliphatic carbocycles. The number of aliphatic hydroxyl groups is 1. The van der Waals surface area contributed by atoms with Gasteiger partial charge in [-0.3, -0.25) is 14.2 Å². The number of pyridine rings is 2. The Kier molecular flexibility index (Phi) is 8.92. The molecule has 3 aromatic rings. The highest BCUT2D eigenvalue weighted by atomic mass is 32.2. The Balaban J connectivity index is 1.73. The fourth-order valence-corrected chi connectivity index (χ4v) is 4.33. The normalized spacial score (nSPS) is 12.9. The summed E-state index contributed by atoms with van der Waals surface area (Å²) in [7, 11) is -3.96. The van der Waals surface area contributed by atoms with Gasteiger partial charge in [-0.05, 0) is 49.7 Å². The quantitative estimate of drug-likeness (QED) is 0.240. The molecule has 7 nitrogen and oxygen atoms in total. The molecule has 0 saturated carbocycles. The van der Waals surface area contributed by atoms with E-state index < -0.39 is 33.8 Å². The van der Waals surface area contributed by atoms with Crippen LogP contribution in [0.2, 0.25) is 0 Å². The first kappa shape index (κ1) is 30.3. The van der Waals surface area contributed by atoms with Crippen molar-refractivity contribution in [2.24, 2.45) is 0 Å². The lowest BCUT2D eigenvalue weighted by Gasteiger charge is -2.32. The molecule has 2 aromatic heterocycles. The molecule has 0 amide bonds. The van der Waals surface area contributed by atoms with Crippen molar-refractivity contribution >= 4 is 10.1 Å². The van der Waals surface area contributed by atoms with Gasteiger partial charge in [-0.2, -0.15) is 34.8 Å². The predicted octanol–water partition coefficient (Wildman–Crippen LogP) is 5.79. The topological polar surface area (TPSA) is 98.6 Å². The smallest absolute Gasteiger partial charge is 0.432 e. The summed E-state index contributed by atoms with van der Waals surface area (Å²) in [5.74, 6) is -0.0184. The minimum Gasteiger partial charge on any atom is -0.454 e. The van der Waals surface area contributed by atoms with Gasteiger partial charge in [-0.25, -0.2) is 0 Å². The van der Waals surface area contributed by atoms with Crippen LogP contribution in [-0.4, -0.2) is 42.5 Å². The highest BCUT2D eigenvalue weighted by Gasteiger charge is 2.72. The van der Waals surface area contributed by atoms with E-state index in [-0.39, 0.29) is 41.5 Å². The number of hydrogen-bond acceptors (Lipinski definition) is 7. The van der Waals surface area contributed by atoms with E-state index >= 15 is 0 Å². The molecule has 0 spiro atoms. The van der Waals surface area contributed by atoms with Gasteiger partial charge < -0.3 is 9.84 Å². The van der Waals surface area contributed by atoms with Crippen LogP contribution in [0.1, 0.15) is 36.0 Å². The zero-order chi connectivity index (χ0) is 29.1. The number of hydrogen-bond donors (Lipinski definition) is 1. The van der Waals surface area contributed by atoms with Crippen LogP contribution >= 0.6 is 0 Å². The second kappa shape index (κ2) is 11.5. The van der Waals surface area contributed by atoms with E-state index in [0.717, 1.165) is 11.6 Å². The van der Waals surface area contributed by atoms with Gasteiger partial charge in [0.1, 0.15) is 11.5 Å². The number of benzene rings is 1. The average molecular weight is 579 g/mol. The molecule has 1 aromatic carbocycles. The maximum Gasteiger partial charge on any atom is 0.432 e. The second-order valence-corrected chi connectivity index (χ2v) is 10.1. The minimum absolute atomic E-state index is 0.0104. The van der Waals surface area contributed by atoms with Gasteiger partial charge in [0.15, 0.2) is 0 Å². The van der Waals surface area contributed by atoms with Crippen LogP contribution in [0.5, 0.6) is 11.5 Å². The zero-order valence-electron chi connectivity index (χ0n) is 20.7. The lowest BCUT2D eigenvalue weighted by molar-refractivity contribution is -0.377. The van der Waals surface area contributed by atoms with Gasteiger partial charge in [-0.15, -0.1) is 0 Å². The van der Waals surface area contributed by atoms with Gasteiger partial charge in [-0.1, -0.05) is 31.0 Å². The van der Waals surface area contributed by atoms with Crippen molar-refractivity contribution in [3.8, 4) is 11.5 Å². The highest BCUT2D eigenvalue weighted by molar-refractivity contribution is 7.86. The van der Waals surface area contributed by atoms with Crippen LogP contribution in [0.25, 0.3) is 0 Å². The molecule has 39 heavy (non-hydrogen) atoms. The number of aryl methyl sites for hydroxylation is 2. The standard InChI is InChI=1S/C25H24F6N2O5S/c1-3-4-20-21(11-12-22(33-20)23(34,24(26,27)28)25(29,30)31)38-18-8-7-17(32-15-18)13-14-37-39(35,36)19-9-5-16(2)6-10-19/h5-12,15,34H,3-4,13-14H2,1-2H3. The Morgan fingerprint density at radius 1 is 0.897 bits per heavy atom. The third-order valence-corrected chi connectivity index (χ3v) is 6.87. The van der Waals surface area contributed by atoms with Crippen molar-refractivity contribution < 1.29 is 48.8 Å². The fraction of sp³-hybridized carbons (Fsp3) is 0.360. The number of halogens is 6. The number of aromatic nitrogens is 2. The van der Waals surface area contributed by atoms with Gasteiger partial charge in [0.2, 0.25) is 0 Å². The predicted molar refractivity (Wildman–Crippen MR) is 127 cm³/mol. The van der Waals surface area contributed by atoms with Crippen molar-refractivity contribution in [2.45, 2.75) is 56.0 Å². The molecule has 2 heterocycles. The van der Waals surface area contributed by atoms with Crippen molar-refractivity contribution in [1.82, 2.24) is 9.97 Å². The molecule has 3 rings (SSSR count). The SMILES string of the molecule is CCCc1nc(C(O)(C(F)(F)F)C(F)(F)F)ccc1Oc1ccc(CCOS(=O)(=O)c2ccc(C)cc2)nc1. The average Bonchev–Trinajstić information content (AvgIpc) is 2.84. The van der Waals surface area contributed by atoms with Crippen molar-refractivity contribution in [1.29, 1.82) is 0 Å². The molecule has 14 heteroatoms. The maximum atomic E-state index is 13.3. The minimum atomic E-state index is -6.06. The van der Waals surface area contributed by atoms with Gasteiger partial charge in [0.05, 0.1) is 29.1 Å². The van der Waals surface area contributed by atoms with Gasteiger partial charge in [0.25, 0.3) is 15.7 Å². The third-order valence-electron chi connectivity index (χ3n) is 5.54. The molecule has 0 aliphatic rings. The monoisotopic (exact) mass is 578 g/mol. The zero-order valence-corrected chi connectivity index (χ0v) is 21.5. The van der Waals surface area contributed by atoms with Crippen molar-refractivity contribution in [3.63, 3.8) is 0 Å². The van der Waals surface area contributed by atoms with Crippen LogP contribution in [0.15, 0.2) is 59.6 Å². The Bertz CT molecular complexity index is 1360. The summed E-state index contributed by atoms with van der Waals surface area (Å²) in [5, 5.41) is 9.65. The molecule has 0 radical (unpaired) electrons. The summed E-state index contributed by atoms with van der Waals surface area (Å²) >= 11 is 0. The van der Waals surface area contributed by atoms with Gasteiger partial charge >= 0.3 is 12.4 Å². The molecule has 212 valence electrons. The highest BCUT2D eigenvalue weighted by Crippen LogP contribution is 2.49. The van der Waals surface area contributed by atoms with Crippen molar-refractivity contribution in [2.75, 3.05) is 6.61 Å². The molecule has 0 aliphatic heterocycles. The first-order chi connectivity index (χ1) is 18.1. The summed E-state index contributed by atoms with van der Waals surface area (Å²) in [5.41, 5.74) is -5.67. The van der Waals surface area contributed by atoms with Gasteiger partial charge in [0, 0.05) is 12.1 Å². The molecule has 0 unspecified atom stereocenters. The van der Waals surface area contributed by atoms with E-state index in [1.165, 1.54) is 30.5 Å². The maximum absolute atomic E-state index is 13.3. The van der Waals surface area contributed by atoms with Crippen LogP contribution in [-0.2, 0) is 32.7 Å². The summed E-state index contributed by atoms with van der Waals surface area (Å²) in [6.45, 7) is 3.25. The number of ether oxygens (including phenoxy) is 1. The molecule has 0 fully saturated rings. The molecular formula is C25H24F6N2O5S. The largest absolute Gasteiger partial charge is 0.454 e. The van der Waals surface area contributed by atoms with Crippen LogP contribution in [0.3, 0.4) is 0 Å². The lowest BCUT2D eigenvalue weighted by Crippen LogP contribution is -2.54. The first-order valence-electron chi connectivity index (χ1n) is 11.5. The van der Waals surface area contributed by atoms with E-state index in [1.54, 1.807) is 19.1 Å². The Labute approximate surface area is 220 Å².